The van der Waals surface area contributed by atoms with E-state index in [9.17, 15) is 18.0 Å². The van der Waals surface area contributed by atoms with Crippen LogP contribution in [0.3, 0.4) is 0 Å². The molecule has 0 aromatic heterocycles. The Morgan fingerprint density at radius 1 is 1.36 bits per heavy atom. The average Bonchev–Trinajstić information content (AvgIpc) is 1.84. The van der Waals surface area contributed by atoms with E-state index in [2.05, 4.69) is 0 Å². The number of rotatable bonds is 1. The van der Waals surface area contributed by atoms with Gasteiger partial charge in [0.15, 0.2) is 10.1 Å². The van der Waals surface area contributed by atoms with Crippen molar-refractivity contribution in [3.05, 3.63) is 0 Å². The van der Waals surface area contributed by atoms with Crippen molar-refractivity contribution < 1.29 is 49.8 Å². The average molecular weight is 228 g/mol. The molecule has 0 aliphatic carbocycles. The fraction of sp³-hybridized carbons (Fsp3) is 0.800. The van der Waals surface area contributed by atoms with Gasteiger partial charge in [0, 0.05) is 6.42 Å². The minimum absolute atomic E-state index is 0. The third-order valence-electron chi connectivity index (χ3n) is 0.781. The van der Waals surface area contributed by atoms with Gasteiger partial charge in [-0.3, -0.25) is 0 Å². The maximum Gasteiger partial charge on any atom is 1.00 e. The van der Waals surface area contributed by atoms with Crippen molar-refractivity contribution in [1.82, 2.24) is 0 Å². The third-order valence-corrected chi connectivity index (χ3v) is 1.35. The first-order chi connectivity index (χ1) is 5.52. The van der Waals surface area contributed by atoms with Crippen LogP contribution in [0.25, 0.3) is 0 Å². The van der Waals surface area contributed by atoms with Gasteiger partial charge in [0.05, 0.1) is 0 Å². The van der Waals surface area contributed by atoms with Crippen molar-refractivity contribution in [1.29, 1.82) is 0 Å². The molecule has 0 N–H and O–H groups in total. The molecule has 0 aromatic carbocycles. The summed E-state index contributed by atoms with van der Waals surface area (Å²) in [6, 6.07) is 0. The molecule has 0 bridgehead atoms. The summed E-state index contributed by atoms with van der Waals surface area (Å²) < 4.78 is 58.9. The van der Waals surface area contributed by atoms with Crippen LogP contribution in [0.5, 0.6) is 0 Å². The Hall–Kier alpha value is -0.0326. The van der Waals surface area contributed by atoms with Crippen LogP contribution >= 0.6 is 0 Å². The van der Waals surface area contributed by atoms with Gasteiger partial charge in [0.25, 0.3) is 0 Å². The maximum atomic E-state index is 10.7. The molecule has 80 valence electrons. The second-order valence-corrected chi connectivity index (χ2v) is 3.33. The summed E-state index contributed by atoms with van der Waals surface area (Å²) >= 11 is 0. The number of hydrogen-bond donors (Lipinski definition) is 0. The Bertz CT molecular complexity index is 259. The zero-order chi connectivity index (χ0) is 11.3. The van der Waals surface area contributed by atoms with E-state index in [1.54, 1.807) is 6.92 Å². The molecule has 0 atom stereocenters. The second-order valence-electron chi connectivity index (χ2n) is 1.96. The zero-order valence-corrected chi connectivity index (χ0v) is 8.70. The molecule has 9 heteroatoms. The van der Waals surface area contributed by atoms with Crippen LogP contribution in [0, 0.1) is 0 Å². The minimum atomic E-state index is -6.09. The first kappa shape index (κ1) is 19.5. The Balaban J connectivity index is -0.000000177. The van der Waals surface area contributed by atoms with E-state index in [4.69, 9.17) is 13.0 Å². The van der Waals surface area contributed by atoms with E-state index in [-0.39, 0.29) is 24.6 Å². The van der Waals surface area contributed by atoms with Gasteiger partial charge in [-0.05, 0) is 6.92 Å². The number of Topliss-reactive ketones (excluding diaryl/α,β-unsaturated/α-hetero) is 1. The fourth-order valence-corrected chi connectivity index (χ4v) is 0. The quantitative estimate of drug-likeness (QED) is 0.297. The largest absolute Gasteiger partial charge is 1.00 e. The van der Waals surface area contributed by atoms with Crippen molar-refractivity contribution in [2.24, 2.45) is 0 Å². The van der Waals surface area contributed by atoms with E-state index in [0.717, 1.165) is 0 Å². The van der Waals surface area contributed by atoms with Crippen LogP contribution in [0.15, 0.2) is 0 Å². The van der Waals surface area contributed by atoms with Crippen LogP contribution in [-0.2, 0) is 14.9 Å². The van der Waals surface area contributed by atoms with Gasteiger partial charge in [0.1, 0.15) is 5.78 Å². The summed E-state index contributed by atoms with van der Waals surface area (Å²) in [6.07, 6.45) is 0.667. The summed E-state index contributed by atoms with van der Waals surface area (Å²) in [6.45, 7) is 3.43. The number of carbonyl (C=O) groups is 1. The summed E-state index contributed by atoms with van der Waals surface area (Å²) in [5, 5.41) is 0. The third kappa shape index (κ3) is 12.0. The van der Waals surface area contributed by atoms with Crippen LogP contribution in [-0.4, -0.2) is 24.3 Å². The molecule has 0 heterocycles. The van der Waals surface area contributed by atoms with Gasteiger partial charge in [-0.1, -0.05) is 6.92 Å². The Morgan fingerprint density at radius 3 is 1.50 bits per heavy atom. The molecule has 14 heavy (non-hydrogen) atoms. The molecule has 0 fully saturated rings. The van der Waals surface area contributed by atoms with Crippen molar-refractivity contribution in [2.75, 3.05) is 0 Å². The fourth-order valence-electron chi connectivity index (χ4n) is 0. The van der Waals surface area contributed by atoms with Gasteiger partial charge in [-0.2, -0.15) is 13.2 Å². The Labute approximate surface area is 91.8 Å². The van der Waals surface area contributed by atoms with Gasteiger partial charge in [-0.15, -0.1) is 0 Å². The van der Waals surface area contributed by atoms with E-state index in [0.29, 0.717) is 6.42 Å². The predicted octanol–water partition coefficient (Wildman–Crippen LogP) is -1.96. The Kier molecular flexibility index (Phi) is 10.2. The molecule has 0 radical (unpaired) electrons. The van der Waals surface area contributed by atoms with Crippen molar-refractivity contribution in [3.8, 4) is 0 Å². The van der Waals surface area contributed by atoms with Crippen LogP contribution in [0.1, 0.15) is 20.3 Å². The predicted molar refractivity (Wildman–Crippen MR) is 36.7 cm³/mol. The number of hydrogen-bond acceptors (Lipinski definition) is 4. The normalized spacial score (nSPS) is 10.7. The summed E-state index contributed by atoms with van der Waals surface area (Å²) in [7, 11) is -6.09. The first-order valence-electron chi connectivity index (χ1n) is 3.04. The standard InChI is InChI=1S/C4H8O.CHF3O3S.Li/c1-3-4(2)5;2-1(3,4)8(5,6)7;/h3H2,1-2H3;(H,5,6,7);/q;;+1/p-1. The van der Waals surface area contributed by atoms with E-state index < -0.39 is 15.6 Å². The zero-order valence-electron chi connectivity index (χ0n) is 7.88. The monoisotopic (exact) mass is 228 g/mol. The number of carbonyl (C=O) groups excluding carboxylic acids is 1. The molecule has 0 spiro atoms. The van der Waals surface area contributed by atoms with Gasteiger partial charge in [-0.25, -0.2) is 8.42 Å². The number of halogens is 3. The number of alkyl halides is 3. The van der Waals surface area contributed by atoms with Crippen LogP contribution in [0.2, 0.25) is 0 Å². The van der Waals surface area contributed by atoms with Gasteiger partial charge < -0.3 is 9.35 Å². The minimum Gasteiger partial charge on any atom is -0.741 e. The molecule has 0 aliphatic rings. The molecule has 0 aromatic rings. The SMILES string of the molecule is CCC(C)=O.O=S(=O)([O-])C(F)(F)F.[Li+]. The van der Waals surface area contributed by atoms with Crippen molar-refractivity contribution >= 4 is 15.9 Å². The van der Waals surface area contributed by atoms with Gasteiger partial charge >= 0.3 is 24.4 Å². The molecule has 0 unspecified atom stereocenters. The molecule has 0 amide bonds. The van der Waals surface area contributed by atoms with E-state index in [1.165, 1.54) is 0 Å². The summed E-state index contributed by atoms with van der Waals surface area (Å²) in [4.78, 5) is 9.81. The Morgan fingerprint density at radius 2 is 1.50 bits per heavy atom. The topological polar surface area (TPSA) is 74.3 Å². The molecular weight excluding hydrogens is 220 g/mol. The molecular formula is C5H8F3LiO4S. The summed E-state index contributed by atoms with van der Waals surface area (Å²) in [5.41, 5.74) is -5.65. The van der Waals surface area contributed by atoms with Crippen LogP contribution in [0.4, 0.5) is 13.2 Å². The van der Waals surface area contributed by atoms with Crippen molar-refractivity contribution in [3.63, 3.8) is 0 Å². The maximum absolute atomic E-state index is 10.7. The van der Waals surface area contributed by atoms with E-state index >= 15 is 0 Å². The van der Waals surface area contributed by atoms with Crippen molar-refractivity contribution in [2.45, 2.75) is 25.8 Å². The molecule has 0 aliphatic heterocycles. The first-order valence-corrected chi connectivity index (χ1v) is 4.44. The van der Waals surface area contributed by atoms with Gasteiger partial charge in [0.2, 0.25) is 0 Å². The van der Waals surface area contributed by atoms with Crippen LogP contribution < -0.4 is 18.9 Å². The smallest absolute Gasteiger partial charge is 0.741 e. The van der Waals surface area contributed by atoms with E-state index in [1.807, 2.05) is 6.92 Å². The molecule has 0 saturated carbocycles. The number of ketones is 1. The molecule has 0 saturated heterocycles. The second kappa shape index (κ2) is 7.28. The molecule has 4 nitrogen and oxygen atoms in total. The molecule has 0 rings (SSSR count). The summed E-state index contributed by atoms with van der Waals surface area (Å²) in [5.74, 6) is 0.255.